The van der Waals surface area contributed by atoms with Gasteiger partial charge in [0.15, 0.2) is 0 Å². The molecular formula is C14H14BrN3S. The van der Waals surface area contributed by atoms with E-state index < -0.39 is 0 Å². The first-order valence-electron chi connectivity index (χ1n) is 6.10. The lowest BCUT2D eigenvalue weighted by Gasteiger charge is -2.00. The second-order valence-electron chi connectivity index (χ2n) is 4.47. The van der Waals surface area contributed by atoms with Crippen molar-refractivity contribution >= 4 is 43.3 Å². The molecule has 2 heterocycles. The van der Waals surface area contributed by atoms with Crippen LogP contribution in [0.3, 0.4) is 0 Å². The highest BCUT2D eigenvalue weighted by atomic mass is 79.9. The molecule has 0 atom stereocenters. The molecule has 0 fully saturated rings. The largest absolute Gasteiger partial charge is 0.390 e. The van der Waals surface area contributed by atoms with E-state index in [0.717, 1.165) is 38.3 Å². The molecule has 98 valence electrons. The minimum absolute atomic E-state index is 0.842. The zero-order chi connectivity index (χ0) is 13.6. The van der Waals surface area contributed by atoms with Crippen LogP contribution in [0.4, 0.5) is 5.00 Å². The molecule has 0 spiro atoms. The Bertz CT molecular complexity index is 757. The van der Waals surface area contributed by atoms with Crippen molar-refractivity contribution in [3.63, 3.8) is 0 Å². The summed E-state index contributed by atoms with van der Waals surface area (Å²) in [5.41, 5.74) is 9.26. The van der Waals surface area contributed by atoms with E-state index in [-0.39, 0.29) is 0 Å². The van der Waals surface area contributed by atoms with Crippen LogP contribution in [-0.4, -0.2) is 9.55 Å². The van der Waals surface area contributed by atoms with Gasteiger partial charge in [-0.15, -0.1) is 11.3 Å². The Balaban J connectivity index is 2.24. The number of aryl methyl sites for hydroxylation is 2. The first kappa shape index (κ1) is 12.7. The minimum Gasteiger partial charge on any atom is -0.390 e. The molecule has 0 amide bonds. The molecule has 0 unspecified atom stereocenters. The Labute approximate surface area is 124 Å². The van der Waals surface area contributed by atoms with Crippen molar-refractivity contribution in [3.8, 4) is 11.4 Å². The summed E-state index contributed by atoms with van der Waals surface area (Å²) in [5, 5.41) is 0.842. The molecule has 0 aliphatic heterocycles. The standard InChI is InChI=1S/C14H14BrN3S/c1-3-9-7-10(13(16)19-9)14-17-11-6-8(15)4-5-12(11)18(14)2/h4-7H,3,16H2,1-2H3. The van der Waals surface area contributed by atoms with Crippen molar-refractivity contribution in [2.75, 3.05) is 5.73 Å². The summed E-state index contributed by atoms with van der Waals surface area (Å²) in [6, 6.07) is 8.28. The van der Waals surface area contributed by atoms with Crippen molar-refractivity contribution in [3.05, 3.63) is 33.6 Å². The normalized spacial score (nSPS) is 11.3. The molecule has 0 aliphatic rings. The molecule has 0 bridgehead atoms. The summed E-state index contributed by atoms with van der Waals surface area (Å²) < 4.78 is 3.14. The van der Waals surface area contributed by atoms with Gasteiger partial charge in [-0.25, -0.2) is 4.98 Å². The van der Waals surface area contributed by atoms with Gasteiger partial charge in [-0.05, 0) is 30.7 Å². The number of anilines is 1. The van der Waals surface area contributed by atoms with Crippen LogP contribution in [0.2, 0.25) is 0 Å². The highest BCUT2D eigenvalue weighted by molar-refractivity contribution is 9.10. The van der Waals surface area contributed by atoms with Gasteiger partial charge in [0.05, 0.1) is 21.6 Å². The Morgan fingerprint density at radius 1 is 1.37 bits per heavy atom. The van der Waals surface area contributed by atoms with Crippen LogP contribution >= 0.6 is 27.3 Å². The number of nitrogens with zero attached hydrogens (tertiary/aromatic N) is 2. The molecule has 3 nitrogen and oxygen atoms in total. The SMILES string of the molecule is CCc1cc(-c2nc3cc(Br)ccc3n2C)c(N)s1. The van der Waals surface area contributed by atoms with Crippen molar-refractivity contribution < 1.29 is 0 Å². The van der Waals surface area contributed by atoms with E-state index in [2.05, 4.69) is 39.6 Å². The first-order chi connectivity index (χ1) is 9.10. The Morgan fingerprint density at radius 2 is 2.16 bits per heavy atom. The summed E-state index contributed by atoms with van der Waals surface area (Å²) in [4.78, 5) is 6.00. The van der Waals surface area contributed by atoms with Crippen LogP contribution in [0, 0.1) is 0 Å². The molecule has 19 heavy (non-hydrogen) atoms. The second-order valence-corrected chi connectivity index (χ2v) is 6.56. The summed E-state index contributed by atoms with van der Waals surface area (Å²) in [6.07, 6.45) is 1.00. The van der Waals surface area contributed by atoms with Crippen LogP contribution < -0.4 is 5.73 Å². The number of hydrogen-bond acceptors (Lipinski definition) is 3. The number of fused-ring (bicyclic) bond motifs is 1. The molecule has 3 rings (SSSR count). The summed E-state index contributed by atoms with van der Waals surface area (Å²) >= 11 is 5.13. The number of thiophene rings is 1. The number of nitrogens with two attached hydrogens (primary N) is 1. The Kier molecular flexibility index (Phi) is 3.11. The maximum Gasteiger partial charge on any atom is 0.143 e. The van der Waals surface area contributed by atoms with E-state index in [1.165, 1.54) is 4.88 Å². The van der Waals surface area contributed by atoms with Crippen molar-refractivity contribution in [1.29, 1.82) is 0 Å². The van der Waals surface area contributed by atoms with Gasteiger partial charge in [0.1, 0.15) is 5.82 Å². The lowest BCUT2D eigenvalue weighted by molar-refractivity contribution is 0.960. The Hall–Kier alpha value is -1.33. The van der Waals surface area contributed by atoms with Crippen LogP contribution in [-0.2, 0) is 13.5 Å². The molecule has 3 aromatic rings. The van der Waals surface area contributed by atoms with Gasteiger partial charge in [-0.3, -0.25) is 0 Å². The number of nitrogen functional groups attached to an aromatic ring is 1. The number of hydrogen-bond donors (Lipinski definition) is 1. The van der Waals surface area contributed by atoms with E-state index in [0.29, 0.717) is 0 Å². The topological polar surface area (TPSA) is 43.8 Å². The molecule has 0 aliphatic carbocycles. The van der Waals surface area contributed by atoms with Gasteiger partial charge in [-0.2, -0.15) is 0 Å². The monoisotopic (exact) mass is 335 g/mol. The smallest absolute Gasteiger partial charge is 0.143 e. The van der Waals surface area contributed by atoms with E-state index >= 15 is 0 Å². The number of benzene rings is 1. The van der Waals surface area contributed by atoms with Crippen LogP contribution in [0.1, 0.15) is 11.8 Å². The quantitative estimate of drug-likeness (QED) is 0.762. The molecular weight excluding hydrogens is 322 g/mol. The van der Waals surface area contributed by atoms with Gasteiger partial charge < -0.3 is 10.3 Å². The number of imidazole rings is 1. The average molecular weight is 336 g/mol. The molecule has 0 saturated heterocycles. The fourth-order valence-corrected chi connectivity index (χ4v) is 3.43. The second kappa shape index (κ2) is 4.65. The van der Waals surface area contributed by atoms with E-state index in [1.807, 2.05) is 19.2 Å². The van der Waals surface area contributed by atoms with Crippen LogP contribution in [0.15, 0.2) is 28.7 Å². The third-order valence-corrected chi connectivity index (χ3v) is 4.85. The lowest BCUT2D eigenvalue weighted by atomic mass is 10.2. The maximum atomic E-state index is 6.13. The minimum atomic E-state index is 0.842. The fraction of sp³-hybridized carbons (Fsp3) is 0.214. The molecule has 0 radical (unpaired) electrons. The van der Waals surface area contributed by atoms with Gasteiger partial charge in [0, 0.05) is 16.4 Å². The van der Waals surface area contributed by atoms with E-state index in [9.17, 15) is 0 Å². The molecule has 5 heteroatoms. The highest BCUT2D eigenvalue weighted by Crippen LogP contribution is 2.35. The number of aromatic nitrogens is 2. The van der Waals surface area contributed by atoms with Gasteiger partial charge in [0.2, 0.25) is 0 Å². The molecule has 2 aromatic heterocycles. The maximum absolute atomic E-state index is 6.13. The van der Waals surface area contributed by atoms with Gasteiger partial charge in [-0.1, -0.05) is 22.9 Å². The van der Waals surface area contributed by atoms with Crippen LogP contribution in [0.5, 0.6) is 0 Å². The highest BCUT2D eigenvalue weighted by Gasteiger charge is 2.15. The zero-order valence-corrected chi connectivity index (χ0v) is 13.2. The van der Waals surface area contributed by atoms with Gasteiger partial charge in [0.25, 0.3) is 0 Å². The van der Waals surface area contributed by atoms with Crippen molar-refractivity contribution in [2.24, 2.45) is 7.05 Å². The average Bonchev–Trinajstić information content (AvgIpc) is 2.90. The third kappa shape index (κ3) is 2.07. The predicted octanol–water partition coefficient (Wildman–Crippen LogP) is 4.21. The third-order valence-electron chi connectivity index (χ3n) is 3.24. The summed E-state index contributed by atoms with van der Waals surface area (Å²) in [7, 11) is 2.03. The fourth-order valence-electron chi connectivity index (χ4n) is 2.22. The molecule has 2 N–H and O–H groups in total. The first-order valence-corrected chi connectivity index (χ1v) is 7.71. The number of halogens is 1. The van der Waals surface area contributed by atoms with Crippen LogP contribution in [0.25, 0.3) is 22.4 Å². The zero-order valence-electron chi connectivity index (χ0n) is 10.8. The van der Waals surface area contributed by atoms with E-state index in [1.54, 1.807) is 11.3 Å². The molecule has 0 saturated carbocycles. The van der Waals surface area contributed by atoms with Crippen molar-refractivity contribution in [1.82, 2.24) is 9.55 Å². The van der Waals surface area contributed by atoms with Crippen molar-refractivity contribution in [2.45, 2.75) is 13.3 Å². The lowest BCUT2D eigenvalue weighted by Crippen LogP contribution is -1.93. The predicted molar refractivity (Wildman–Crippen MR) is 85.5 cm³/mol. The summed E-state index contributed by atoms with van der Waals surface area (Å²) in [6.45, 7) is 2.14. The number of rotatable bonds is 2. The van der Waals surface area contributed by atoms with E-state index in [4.69, 9.17) is 10.7 Å². The Morgan fingerprint density at radius 3 is 2.84 bits per heavy atom. The molecule has 1 aromatic carbocycles. The summed E-state index contributed by atoms with van der Waals surface area (Å²) in [5.74, 6) is 0.932. The van der Waals surface area contributed by atoms with Gasteiger partial charge >= 0.3 is 0 Å².